The highest BCUT2D eigenvalue weighted by Gasteiger charge is 2.36. The first-order valence-corrected chi connectivity index (χ1v) is 5.56. The highest BCUT2D eigenvalue weighted by Crippen LogP contribution is 2.29. The van der Waals surface area contributed by atoms with E-state index in [1.165, 1.54) is 18.8 Å². The van der Waals surface area contributed by atoms with Crippen LogP contribution in [-0.4, -0.2) is 36.3 Å². The molecule has 0 saturated carbocycles. The van der Waals surface area contributed by atoms with Crippen LogP contribution in [0.2, 0.25) is 0 Å². The lowest BCUT2D eigenvalue weighted by molar-refractivity contribution is 0.0596. The minimum Gasteiger partial charge on any atom is -0.492 e. The molecule has 0 spiro atoms. The van der Waals surface area contributed by atoms with E-state index in [9.17, 15) is 14.4 Å². The second-order valence-corrected chi connectivity index (χ2v) is 4.14. The van der Waals surface area contributed by atoms with Gasteiger partial charge in [-0.3, -0.25) is 9.59 Å². The van der Waals surface area contributed by atoms with Crippen molar-refractivity contribution in [2.75, 3.05) is 14.2 Å². The fourth-order valence-corrected chi connectivity index (χ4v) is 2.19. The van der Waals surface area contributed by atoms with Crippen molar-refractivity contribution in [3.8, 4) is 0 Å². The predicted molar refractivity (Wildman–Crippen MR) is 65.2 cm³/mol. The number of hydrogen-bond donors (Lipinski definition) is 0. The van der Waals surface area contributed by atoms with Gasteiger partial charge in [0.2, 0.25) is 5.78 Å². The number of hydrogen-bond acceptors (Lipinski definition) is 5. The van der Waals surface area contributed by atoms with Crippen molar-refractivity contribution < 1.29 is 23.9 Å². The summed E-state index contributed by atoms with van der Waals surface area (Å²) in [5.74, 6) is -1.52. The Morgan fingerprint density at radius 3 is 2.42 bits per heavy atom. The van der Waals surface area contributed by atoms with Crippen molar-refractivity contribution in [1.82, 2.24) is 4.57 Å². The van der Waals surface area contributed by atoms with Crippen LogP contribution >= 0.6 is 0 Å². The van der Waals surface area contributed by atoms with Crippen LogP contribution in [0.15, 0.2) is 11.8 Å². The topological polar surface area (TPSA) is 74.6 Å². The van der Waals surface area contributed by atoms with E-state index in [1.807, 2.05) is 0 Å². The van der Waals surface area contributed by atoms with E-state index in [4.69, 9.17) is 4.74 Å². The average molecular weight is 263 g/mol. The molecule has 0 fully saturated rings. The van der Waals surface area contributed by atoms with Gasteiger partial charge in [-0.2, -0.15) is 0 Å². The maximum absolute atomic E-state index is 12.2. The van der Waals surface area contributed by atoms with E-state index in [1.54, 1.807) is 14.0 Å². The van der Waals surface area contributed by atoms with Gasteiger partial charge in [-0.05, 0) is 6.92 Å². The number of fused-ring (bicyclic) bond motifs is 1. The first-order chi connectivity index (χ1) is 8.93. The van der Waals surface area contributed by atoms with Crippen molar-refractivity contribution in [3.05, 3.63) is 34.3 Å². The summed E-state index contributed by atoms with van der Waals surface area (Å²) in [6, 6.07) is 0. The number of esters is 1. The summed E-state index contributed by atoms with van der Waals surface area (Å²) in [7, 11) is 4.16. The zero-order chi connectivity index (χ0) is 14.3. The van der Waals surface area contributed by atoms with E-state index in [0.29, 0.717) is 5.69 Å². The molecule has 1 heterocycles. The highest BCUT2D eigenvalue weighted by molar-refractivity contribution is 6.26. The fourth-order valence-electron chi connectivity index (χ4n) is 2.19. The van der Waals surface area contributed by atoms with Crippen LogP contribution in [0.25, 0.3) is 0 Å². The Morgan fingerprint density at radius 1 is 1.26 bits per heavy atom. The molecule has 0 N–H and O–H groups in total. The summed E-state index contributed by atoms with van der Waals surface area (Å²) in [5.41, 5.74) is 0.869. The molecule has 6 heteroatoms. The van der Waals surface area contributed by atoms with Gasteiger partial charge in [0.05, 0.1) is 25.3 Å². The van der Waals surface area contributed by atoms with Crippen LogP contribution in [0.4, 0.5) is 0 Å². The van der Waals surface area contributed by atoms with Crippen molar-refractivity contribution in [2.45, 2.75) is 6.92 Å². The number of ether oxygens (including phenoxy) is 2. The SMILES string of the molecule is COC(=O)c1c2c(n(C)c1C)C(=O)C(OC)=CC2=O. The highest BCUT2D eigenvalue weighted by atomic mass is 16.5. The van der Waals surface area contributed by atoms with Crippen LogP contribution in [0.3, 0.4) is 0 Å². The lowest BCUT2D eigenvalue weighted by atomic mass is 9.96. The van der Waals surface area contributed by atoms with Crippen molar-refractivity contribution >= 4 is 17.5 Å². The fraction of sp³-hybridized carbons (Fsp3) is 0.308. The van der Waals surface area contributed by atoms with Crippen LogP contribution in [0.5, 0.6) is 0 Å². The summed E-state index contributed by atoms with van der Waals surface area (Å²) < 4.78 is 11.1. The molecule has 1 aliphatic carbocycles. The van der Waals surface area contributed by atoms with Crippen LogP contribution in [0.1, 0.15) is 36.9 Å². The number of allylic oxidation sites excluding steroid dienone is 2. The molecular formula is C13H13NO5. The Bertz CT molecular complexity index is 636. The van der Waals surface area contributed by atoms with Gasteiger partial charge in [-0.1, -0.05) is 0 Å². The first kappa shape index (κ1) is 13.1. The van der Waals surface area contributed by atoms with E-state index in [0.717, 1.165) is 6.08 Å². The maximum Gasteiger partial charge on any atom is 0.340 e. The molecule has 0 amide bonds. The molecule has 1 aromatic rings. The van der Waals surface area contributed by atoms with Gasteiger partial charge in [-0.15, -0.1) is 0 Å². The zero-order valence-corrected chi connectivity index (χ0v) is 11.1. The molecule has 100 valence electrons. The van der Waals surface area contributed by atoms with Crippen LogP contribution in [0, 0.1) is 6.92 Å². The smallest absolute Gasteiger partial charge is 0.340 e. The molecule has 2 rings (SSSR count). The predicted octanol–water partition coefficient (Wildman–Crippen LogP) is 1.03. The number of Topliss-reactive ketones (excluding diaryl/α,β-unsaturated/α-hetero) is 1. The molecule has 0 unspecified atom stereocenters. The largest absolute Gasteiger partial charge is 0.492 e. The van der Waals surface area contributed by atoms with Gasteiger partial charge in [0.25, 0.3) is 0 Å². The van der Waals surface area contributed by atoms with E-state index >= 15 is 0 Å². The molecule has 0 aromatic carbocycles. The van der Waals surface area contributed by atoms with E-state index < -0.39 is 17.5 Å². The number of carbonyl (C=O) groups is 3. The molecule has 1 aromatic heterocycles. The van der Waals surface area contributed by atoms with Gasteiger partial charge in [0, 0.05) is 18.8 Å². The number of rotatable bonds is 2. The number of methoxy groups -OCH3 is 2. The van der Waals surface area contributed by atoms with E-state index in [2.05, 4.69) is 4.74 Å². The molecule has 19 heavy (non-hydrogen) atoms. The molecule has 0 atom stereocenters. The molecular weight excluding hydrogens is 250 g/mol. The normalized spacial score (nSPS) is 14.0. The van der Waals surface area contributed by atoms with Gasteiger partial charge in [0.1, 0.15) is 5.69 Å². The molecule has 1 aliphatic rings. The Balaban J connectivity index is 2.77. The summed E-state index contributed by atoms with van der Waals surface area (Å²) in [4.78, 5) is 36.0. The van der Waals surface area contributed by atoms with Gasteiger partial charge >= 0.3 is 5.97 Å². The molecule has 0 aliphatic heterocycles. The monoisotopic (exact) mass is 263 g/mol. The van der Waals surface area contributed by atoms with Crippen molar-refractivity contribution in [1.29, 1.82) is 0 Å². The summed E-state index contributed by atoms with van der Waals surface area (Å²) in [6.45, 7) is 1.65. The third kappa shape index (κ3) is 1.68. The first-order valence-electron chi connectivity index (χ1n) is 5.56. The standard InChI is InChI=1S/C13H13NO5/c1-6-9(13(17)19-4)10-7(15)5-8(18-3)12(16)11(10)14(6)2/h5H,1-4H3. The minimum absolute atomic E-state index is 0.0329. The summed E-state index contributed by atoms with van der Waals surface area (Å²) >= 11 is 0. The third-order valence-corrected chi connectivity index (χ3v) is 3.24. The second kappa shape index (κ2) is 4.38. The maximum atomic E-state index is 12.2. The summed E-state index contributed by atoms with van der Waals surface area (Å²) in [5, 5.41) is 0. The molecule has 6 nitrogen and oxygen atoms in total. The average Bonchev–Trinajstić information content (AvgIpc) is 2.66. The quantitative estimate of drug-likeness (QED) is 0.745. The van der Waals surface area contributed by atoms with Gasteiger partial charge in [-0.25, -0.2) is 4.79 Å². The van der Waals surface area contributed by atoms with Gasteiger partial charge in [0.15, 0.2) is 11.5 Å². The van der Waals surface area contributed by atoms with Gasteiger partial charge < -0.3 is 14.0 Å². The Hall–Kier alpha value is -2.37. The van der Waals surface area contributed by atoms with Crippen molar-refractivity contribution in [3.63, 3.8) is 0 Å². The van der Waals surface area contributed by atoms with Crippen molar-refractivity contribution in [2.24, 2.45) is 7.05 Å². The number of ketones is 2. The number of nitrogens with zero attached hydrogens (tertiary/aromatic N) is 1. The van der Waals surface area contributed by atoms with Crippen LogP contribution < -0.4 is 0 Å². The van der Waals surface area contributed by atoms with E-state index in [-0.39, 0.29) is 22.6 Å². The molecule has 0 saturated heterocycles. The third-order valence-electron chi connectivity index (χ3n) is 3.24. The Kier molecular flexibility index (Phi) is 3.01. The lowest BCUT2D eigenvalue weighted by Crippen LogP contribution is -2.21. The number of carbonyl (C=O) groups excluding carboxylic acids is 3. The Morgan fingerprint density at radius 2 is 1.89 bits per heavy atom. The number of aromatic nitrogens is 1. The molecule has 0 bridgehead atoms. The molecule has 0 radical (unpaired) electrons. The Labute approximate surface area is 109 Å². The summed E-state index contributed by atoms with van der Waals surface area (Å²) in [6.07, 6.45) is 1.09. The minimum atomic E-state index is -0.634. The lowest BCUT2D eigenvalue weighted by Gasteiger charge is -2.12. The zero-order valence-electron chi connectivity index (χ0n) is 11.1. The second-order valence-electron chi connectivity index (χ2n) is 4.14. The van der Waals surface area contributed by atoms with Crippen LogP contribution in [-0.2, 0) is 16.5 Å².